The molecule has 1 heterocycles. The molecule has 0 bridgehead atoms. The first-order chi connectivity index (χ1) is 10.1. The van der Waals surface area contributed by atoms with Gasteiger partial charge in [-0.1, -0.05) is 19.4 Å². The van der Waals surface area contributed by atoms with E-state index in [4.69, 9.17) is 14.6 Å². The average molecular weight is 293 g/mol. The Labute approximate surface area is 123 Å². The van der Waals surface area contributed by atoms with E-state index in [1.54, 1.807) is 18.2 Å². The van der Waals surface area contributed by atoms with Crippen LogP contribution < -0.4 is 14.8 Å². The second-order valence-electron chi connectivity index (χ2n) is 4.89. The number of ether oxygens (including phenoxy) is 2. The van der Waals surface area contributed by atoms with Crippen LogP contribution in [0.3, 0.4) is 0 Å². The summed E-state index contributed by atoms with van der Waals surface area (Å²) >= 11 is 0. The minimum absolute atomic E-state index is 0.0913. The Morgan fingerprint density at radius 1 is 1.33 bits per heavy atom. The standard InChI is InChI=1S/C15H19NO5/c1-2-4-10(9-13(17)18)16-15(19)11-5-3-6-12-14(11)21-8-7-20-12/h3,5-6,10H,2,4,7-9H2,1H3,(H,16,19)(H,17,18). The number of rotatable bonds is 6. The Morgan fingerprint density at radius 3 is 2.81 bits per heavy atom. The molecule has 0 fully saturated rings. The lowest BCUT2D eigenvalue weighted by Crippen LogP contribution is -2.36. The van der Waals surface area contributed by atoms with Gasteiger partial charge in [-0.05, 0) is 18.6 Å². The molecule has 1 aliphatic rings. The highest BCUT2D eigenvalue weighted by Crippen LogP contribution is 2.33. The molecule has 0 saturated heterocycles. The summed E-state index contributed by atoms with van der Waals surface area (Å²) in [6.45, 7) is 2.79. The number of nitrogens with one attached hydrogen (secondary N) is 1. The number of fused-ring (bicyclic) bond motifs is 1. The van der Waals surface area contributed by atoms with Crippen LogP contribution in [0.15, 0.2) is 18.2 Å². The number of para-hydroxylation sites is 1. The van der Waals surface area contributed by atoms with Gasteiger partial charge in [0.2, 0.25) is 0 Å². The van der Waals surface area contributed by atoms with E-state index in [0.717, 1.165) is 6.42 Å². The molecule has 21 heavy (non-hydrogen) atoms. The number of carboxylic acid groups (broad SMARTS) is 1. The molecule has 6 heteroatoms. The second kappa shape index (κ2) is 6.97. The van der Waals surface area contributed by atoms with Crippen molar-refractivity contribution in [3.05, 3.63) is 23.8 Å². The molecule has 0 aliphatic carbocycles. The van der Waals surface area contributed by atoms with Crippen molar-refractivity contribution in [1.82, 2.24) is 5.32 Å². The van der Waals surface area contributed by atoms with Crippen LogP contribution in [-0.2, 0) is 4.79 Å². The minimum atomic E-state index is -0.927. The van der Waals surface area contributed by atoms with E-state index >= 15 is 0 Å². The van der Waals surface area contributed by atoms with Crippen molar-refractivity contribution in [3.8, 4) is 11.5 Å². The molecule has 6 nitrogen and oxygen atoms in total. The summed E-state index contributed by atoms with van der Waals surface area (Å²) in [7, 11) is 0. The lowest BCUT2D eigenvalue weighted by Gasteiger charge is -2.22. The van der Waals surface area contributed by atoms with Crippen LogP contribution >= 0.6 is 0 Å². The van der Waals surface area contributed by atoms with Gasteiger partial charge >= 0.3 is 5.97 Å². The largest absolute Gasteiger partial charge is 0.486 e. The third-order valence-corrected chi connectivity index (χ3v) is 3.20. The summed E-state index contributed by atoms with van der Waals surface area (Å²) in [6.07, 6.45) is 1.32. The monoisotopic (exact) mass is 293 g/mol. The molecular formula is C15H19NO5. The maximum absolute atomic E-state index is 12.3. The first kappa shape index (κ1) is 15.2. The van der Waals surface area contributed by atoms with Gasteiger partial charge in [0.1, 0.15) is 13.2 Å². The highest BCUT2D eigenvalue weighted by Gasteiger charge is 2.22. The zero-order chi connectivity index (χ0) is 15.2. The van der Waals surface area contributed by atoms with Crippen LogP contribution in [0.1, 0.15) is 36.5 Å². The zero-order valence-electron chi connectivity index (χ0n) is 11.9. The highest BCUT2D eigenvalue weighted by molar-refractivity contribution is 5.98. The molecule has 2 N–H and O–H groups in total. The molecule has 0 aromatic heterocycles. The fraction of sp³-hybridized carbons (Fsp3) is 0.467. The molecule has 114 valence electrons. The van der Waals surface area contributed by atoms with Crippen LogP contribution in [0.25, 0.3) is 0 Å². The van der Waals surface area contributed by atoms with E-state index in [9.17, 15) is 9.59 Å². The Bertz CT molecular complexity index is 529. The van der Waals surface area contributed by atoms with Crippen LogP contribution in [-0.4, -0.2) is 36.2 Å². The highest BCUT2D eigenvalue weighted by atomic mass is 16.6. The fourth-order valence-electron chi connectivity index (χ4n) is 2.30. The predicted octanol–water partition coefficient (Wildman–Crippen LogP) is 1.83. The third-order valence-electron chi connectivity index (χ3n) is 3.20. The first-order valence-electron chi connectivity index (χ1n) is 7.03. The number of benzene rings is 1. The molecule has 1 unspecified atom stereocenters. The van der Waals surface area contributed by atoms with Gasteiger partial charge in [0.15, 0.2) is 11.5 Å². The molecule has 0 saturated carbocycles. The van der Waals surface area contributed by atoms with Crippen molar-refractivity contribution in [2.75, 3.05) is 13.2 Å². The van der Waals surface area contributed by atoms with E-state index in [1.165, 1.54) is 0 Å². The van der Waals surface area contributed by atoms with Crippen molar-refractivity contribution in [2.45, 2.75) is 32.2 Å². The quantitative estimate of drug-likeness (QED) is 0.836. The van der Waals surface area contributed by atoms with Gasteiger partial charge < -0.3 is 19.9 Å². The molecule has 1 aromatic rings. The van der Waals surface area contributed by atoms with Crippen molar-refractivity contribution in [2.24, 2.45) is 0 Å². The molecular weight excluding hydrogens is 274 g/mol. The van der Waals surface area contributed by atoms with Gasteiger partial charge in [0.05, 0.1) is 12.0 Å². The van der Waals surface area contributed by atoms with E-state index in [0.29, 0.717) is 36.7 Å². The summed E-state index contributed by atoms with van der Waals surface area (Å²) in [5, 5.41) is 11.7. The molecule has 1 aliphatic heterocycles. The first-order valence-corrected chi connectivity index (χ1v) is 7.03. The van der Waals surface area contributed by atoms with Crippen LogP contribution in [0, 0.1) is 0 Å². The lowest BCUT2D eigenvalue weighted by molar-refractivity contribution is -0.137. The van der Waals surface area contributed by atoms with Crippen LogP contribution in [0.4, 0.5) is 0 Å². The number of aliphatic carboxylic acids is 1. The SMILES string of the molecule is CCCC(CC(=O)O)NC(=O)c1cccc2c1OCCO2. The molecule has 1 aromatic carbocycles. The molecule has 2 rings (SSSR count). The zero-order valence-corrected chi connectivity index (χ0v) is 11.9. The van der Waals surface area contributed by atoms with E-state index in [1.807, 2.05) is 6.92 Å². The van der Waals surface area contributed by atoms with Gasteiger partial charge in [-0.15, -0.1) is 0 Å². The Hall–Kier alpha value is -2.24. The smallest absolute Gasteiger partial charge is 0.305 e. The minimum Gasteiger partial charge on any atom is -0.486 e. The van der Waals surface area contributed by atoms with Crippen LogP contribution in [0.2, 0.25) is 0 Å². The van der Waals surface area contributed by atoms with E-state index in [2.05, 4.69) is 5.32 Å². The molecule has 1 atom stereocenters. The van der Waals surface area contributed by atoms with E-state index in [-0.39, 0.29) is 18.4 Å². The summed E-state index contributed by atoms with van der Waals surface area (Å²) in [5.74, 6) is -0.300. The third kappa shape index (κ3) is 3.87. The normalized spacial score (nSPS) is 14.3. The number of hydrogen-bond acceptors (Lipinski definition) is 4. The van der Waals surface area contributed by atoms with Crippen molar-refractivity contribution >= 4 is 11.9 Å². The Kier molecular flexibility index (Phi) is 5.03. The summed E-state index contributed by atoms with van der Waals surface area (Å²) < 4.78 is 10.9. The number of carbonyl (C=O) groups excluding carboxylic acids is 1. The number of carbonyl (C=O) groups is 2. The molecule has 1 amide bonds. The van der Waals surface area contributed by atoms with Gasteiger partial charge in [-0.3, -0.25) is 9.59 Å². The molecule has 0 spiro atoms. The second-order valence-corrected chi connectivity index (χ2v) is 4.89. The number of amides is 1. The number of carboxylic acids is 1. The Morgan fingerprint density at radius 2 is 2.10 bits per heavy atom. The van der Waals surface area contributed by atoms with Crippen molar-refractivity contribution in [3.63, 3.8) is 0 Å². The molecule has 0 radical (unpaired) electrons. The maximum atomic E-state index is 12.3. The summed E-state index contributed by atoms with van der Waals surface area (Å²) in [6, 6.07) is 4.72. The topological polar surface area (TPSA) is 84.9 Å². The van der Waals surface area contributed by atoms with Gasteiger partial charge in [0.25, 0.3) is 5.91 Å². The Balaban J connectivity index is 2.13. The average Bonchev–Trinajstić information content (AvgIpc) is 2.46. The number of hydrogen-bond donors (Lipinski definition) is 2. The van der Waals surface area contributed by atoms with E-state index < -0.39 is 5.97 Å². The van der Waals surface area contributed by atoms with Crippen LogP contribution in [0.5, 0.6) is 11.5 Å². The van der Waals surface area contributed by atoms with Gasteiger partial charge in [-0.2, -0.15) is 0 Å². The predicted molar refractivity (Wildman–Crippen MR) is 75.8 cm³/mol. The van der Waals surface area contributed by atoms with Crippen molar-refractivity contribution < 1.29 is 24.2 Å². The summed E-state index contributed by atoms with van der Waals surface area (Å²) in [4.78, 5) is 23.2. The lowest BCUT2D eigenvalue weighted by atomic mass is 10.1. The van der Waals surface area contributed by atoms with Gasteiger partial charge in [-0.25, -0.2) is 0 Å². The van der Waals surface area contributed by atoms with Gasteiger partial charge in [0, 0.05) is 6.04 Å². The fourth-order valence-corrected chi connectivity index (χ4v) is 2.30. The maximum Gasteiger partial charge on any atom is 0.305 e. The summed E-state index contributed by atoms with van der Waals surface area (Å²) in [5.41, 5.74) is 0.374. The van der Waals surface area contributed by atoms with Crippen molar-refractivity contribution in [1.29, 1.82) is 0 Å².